The van der Waals surface area contributed by atoms with Gasteiger partial charge in [0.25, 0.3) is 0 Å². The fourth-order valence-electron chi connectivity index (χ4n) is 1.69. The minimum absolute atomic E-state index is 0.350. The van der Waals surface area contributed by atoms with E-state index in [4.69, 9.17) is 10.5 Å². The number of benzene rings is 1. The summed E-state index contributed by atoms with van der Waals surface area (Å²) in [6, 6.07) is 7.29. The zero-order valence-electron chi connectivity index (χ0n) is 10.4. The number of ether oxygens (including phenoxy) is 1. The van der Waals surface area contributed by atoms with Gasteiger partial charge in [-0.25, -0.2) is 9.48 Å². The molecule has 0 aliphatic rings. The summed E-state index contributed by atoms with van der Waals surface area (Å²) in [5, 5.41) is 4.19. The summed E-state index contributed by atoms with van der Waals surface area (Å²) < 4.78 is 6.65. The maximum Gasteiger partial charge on any atom is 0.341 e. The van der Waals surface area contributed by atoms with Crippen LogP contribution < -0.4 is 5.73 Å². The quantitative estimate of drug-likeness (QED) is 0.662. The second-order valence-corrected chi connectivity index (χ2v) is 3.87. The number of nitrogens with two attached hydrogens (primary N) is 1. The Kier molecular flexibility index (Phi) is 3.32. The summed E-state index contributed by atoms with van der Waals surface area (Å²) in [6.07, 6.45) is 1.52. The molecule has 0 radical (unpaired) electrons. The van der Waals surface area contributed by atoms with Crippen LogP contribution in [0.2, 0.25) is 0 Å². The highest BCUT2D eigenvalue weighted by Crippen LogP contribution is 2.16. The Hall–Kier alpha value is -2.30. The van der Waals surface area contributed by atoms with Crippen LogP contribution in [0.3, 0.4) is 0 Å². The molecular weight excluding hydrogens is 230 g/mol. The maximum atomic E-state index is 11.7. The third-order valence-electron chi connectivity index (χ3n) is 2.64. The zero-order valence-corrected chi connectivity index (χ0v) is 10.4. The first-order valence-electron chi connectivity index (χ1n) is 5.71. The van der Waals surface area contributed by atoms with Crippen molar-refractivity contribution in [3.05, 3.63) is 41.7 Å². The van der Waals surface area contributed by atoms with Crippen molar-refractivity contribution in [2.75, 3.05) is 12.3 Å². The van der Waals surface area contributed by atoms with Gasteiger partial charge in [0, 0.05) is 5.69 Å². The van der Waals surface area contributed by atoms with Crippen LogP contribution in [-0.4, -0.2) is 22.4 Å². The molecule has 18 heavy (non-hydrogen) atoms. The van der Waals surface area contributed by atoms with Crippen molar-refractivity contribution in [3.8, 4) is 5.69 Å². The largest absolute Gasteiger partial charge is 0.462 e. The highest BCUT2D eigenvalue weighted by molar-refractivity contribution is 5.90. The molecule has 0 saturated carbocycles. The summed E-state index contributed by atoms with van der Waals surface area (Å²) in [5.74, 6) is -0.350. The van der Waals surface area contributed by atoms with Crippen LogP contribution in [0.4, 0.5) is 5.69 Å². The average Bonchev–Trinajstić information content (AvgIpc) is 2.73. The molecule has 1 heterocycles. The van der Waals surface area contributed by atoms with Gasteiger partial charge in [-0.05, 0) is 38.1 Å². The first kappa shape index (κ1) is 12.2. The van der Waals surface area contributed by atoms with Crippen LogP contribution in [-0.2, 0) is 4.74 Å². The maximum absolute atomic E-state index is 11.7. The SMILES string of the molecule is CCOC(=O)c1cnn(-c2ccc(N)cc2)c1C. The van der Waals surface area contributed by atoms with Gasteiger partial charge < -0.3 is 10.5 Å². The first-order valence-corrected chi connectivity index (χ1v) is 5.71. The van der Waals surface area contributed by atoms with E-state index in [1.54, 1.807) is 23.7 Å². The molecule has 0 atom stereocenters. The number of aromatic nitrogens is 2. The summed E-state index contributed by atoms with van der Waals surface area (Å²) in [7, 11) is 0. The number of nitrogens with zero attached hydrogens (tertiary/aromatic N) is 2. The van der Waals surface area contributed by atoms with Gasteiger partial charge in [0.05, 0.1) is 24.2 Å². The average molecular weight is 245 g/mol. The zero-order chi connectivity index (χ0) is 13.1. The van der Waals surface area contributed by atoms with Crippen LogP contribution in [0.15, 0.2) is 30.5 Å². The highest BCUT2D eigenvalue weighted by atomic mass is 16.5. The molecule has 2 aromatic rings. The van der Waals surface area contributed by atoms with Crippen molar-refractivity contribution in [2.24, 2.45) is 0 Å². The lowest BCUT2D eigenvalue weighted by Crippen LogP contribution is -2.06. The Morgan fingerprint density at radius 1 is 1.39 bits per heavy atom. The molecular formula is C13H15N3O2. The van der Waals surface area contributed by atoms with E-state index < -0.39 is 0 Å². The third kappa shape index (κ3) is 2.20. The standard InChI is InChI=1S/C13H15N3O2/c1-3-18-13(17)12-8-15-16(9(12)2)11-6-4-10(14)5-7-11/h4-8H,3,14H2,1-2H3. The van der Waals surface area contributed by atoms with E-state index in [1.807, 2.05) is 19.1 Å². The monoisotopic (exact) mass is 245 g/mol. The van der Waals surface area contributed by atoms with Crippen LogP contribution in [0.5, 0.6) is 0 Å². The van der Waals surface area contributed by atoms with Crippen LogP contribution in [0, 0.1) is 6.92 Å². The molecule has 0 aliphatic heterocycles. The van der Waals surface area contributed by atoms with Gasteiger partial charge in [0.15, 0.2) is 0 Å². The van der Waals surface area contributed by atoms with Crippen molar-refractivity contribution in [2.45, 2.75) is 13.8 Å². The van der Waals surface area contributed by atoms with Crippen molar-refractivity contribution >= 4 is 11.7 Å². The van der Waals surface area contributed by atoms with Gasteiger partial charge in [-0.2, -0.15) is 5.10 Å². The molecule has 0 saturated heterocycles. The number of hydrogen-bond acceptors (Lipinski definition) is 4. The van der Waals surface area contributed by atoms with Gasteiger partial charge in [0.1, 0.15) is 5.56 Å². The van der Waals surface area contributed by atoms with E-state index in [0.717, 1.165) is 11.4 Å². The minimum atomic E-state index is -0.350. The van der Waals surface area contributed by atoms with Crippen LogP contribution in [0.25, 0.3) is 5.69 Å². The van der Waals surface area contributed by atoms with Gasteiger partial charge >= 0.3 is 5.97 Å². The molecule has 94 valence electrons. The Labute approximate surface area is 105 Å². The Morgan fingerprint density at radius 2 is 2.06 bits per heavy atom. The molecule has 0 unspecified atom stereocenters. The van der Waals surface area contributed by atoms with E-state index >= 15 is 0 Å². The van der Waals surface area contributed by atoms with E-state index in [1.165, 1.54) is 6.20 Å². The number of hydrogen-bond donors (Lipinski definition) is 1. The number of nitrogen functional groups attached to an aromatic ring is 1. The molecule has 0 spiro atoms. The Morgan fingerprint density at radius 3 is 2.67 bits per heavy atom. The number of anilines is 1. The van der Waals surface area contributed by atoms with Gasteiger partial charge in [0.2, 0.25) is 0 Å². The number of carbonyl (C=O) groups is 1. The fraction of sp³-hybridized carbons (Fsp3) is 0.231. The molecule has 2 N–H and O–H groups in total. The first-order chi connectivity index (χ1) is 8.63. The molecule has 0 aliphatic carbocycles. The topological polar surface area (TPSA) is 70.1 Å². The van der Waals surface area contributed by atoms with Gasteiger partial charge in [-0.1, -0.05) is 0 Å². The van der Waals surface area contributed by atoms with E-state index in [2.05, 4.69) is 5.10 Å². The molecule has 0 fully saturated rings. The minimum Gasteiger partial charge on any atom is -0.462 e. The second-order valence-electron chi connectivity index (χ2n) is 3.87. The van der Waals surface area contributed by atoms with Gasteiger partial charge in [-0.3, -0.25) is 0 Å². The van der Waals surface area contributed by atoms with Crippen molar-refractivity contribution < 1.29 is 9.53 Å². The number of rotatable bonds is 3. The molecule has 1 aromatic carbocycles. The summed E-state index contributed by atoms with van der Waals surface area (Å²) in [5.41, 5.74) is 8.41. The lowest BCUT2D eigenvalue weighted by atomic mass is 10.2. The highest BCUT2D eigenvalue weighted by Gasteiger charge is 2.15. The molecule has 1 aromatic heterocycles. The Bertz CT molecular complexity index is 558. The third-order valence-corrected chi connectivity index (χ3v) is 2.64. The molecule has 0 bridgehead atoms. The van der Waals surface area contributed by atoms with E-state index in [9.17, 15) is 4.79 Å². The molecule has 5 heteroatoms. The van der Waals surface area contributed by atoms with Crippen LogP contribution >= 0.6 is 0 Å². The van der Waals surface area contributed by atoms with Crippen LogP contribution in [0.1, 0.15) is 23.0 Å². The molecule has 2 rings (SSSR count). The predicted octanol–water partition coefficient (Wildman–Crippen LogP) is 1.94. The smallest absolute Gasteiger partial charge is 0.341 e. The normalized spacial score (nSPS) is 10.3. The van der Waals surface area contributed by atoms with E-state index in [-0.39, 0.29) is 5.97 Å². The lowest BCUT2D eigenvalue weighted by Gasteiger charge is -2.05. The number of carbonyl (C=O) groups excluding carboxylic acids is 1. The second kappa shape index (κ2) is 4.91. The fourth-order valence-corrected chi connectivity index (χ4v) is 1.69. The van der Waals surface area contributed by atoms with Crippen molar-refractivity contribution in [1.82, 2.24) is 9.78 Å². The van der Waals surface area contributed by atoms with Crippen molar-refractivity contribution in [1.29, 1.82) is 0 Å². The molecule has 5 nitrogen and oxygen atoms in total. The van der Waals surface area contributed by atoms with Crippen molar-refractivity contribution in [3.63, 3.8) is 0 Å². The molecule has 0 amide bonds. The summed E-state index contributed by atoms with van der Waals surface area (Å²) in [4.78, 5) is 11.7. The number of esters is 1. The summed E-state index contributed by atoms with van der Waals surface area (Å²) in [6.45, 7) is 3.96. The van der Waals surface area contributed by atoms with E-state index in [0.29, 0.717) is 17.9 Å². The lowest BCUT2D eigenvalue weighted by molar-refractivity contribution is 0.0525. The Balaban J connectivity index is 2.36. The summed E-state index contributed by atoms with van der Waals surface area (Å²) >= 11 is 0. The predicted molar refractivity (Wildman–Crippen MR) is 68.7 cm³/mol. The van der Waals surface area contributed by atoms with Gasteiger partial charge in [-0.15, -0.1) is 0 Å².